The molecule has 2 atom stereocenters. The number of rotatable bonds is 7. The third-order valence-electron chi connectivity index (χ3n) is 7.60. The van der Waals surface area contributed by atoms with Crippen molar-refractivity contribution in [1.82, 2.24) is 18.7 Å². The largest absolute Gasteiger partial charge is 0.393 e. The predicted octanol–water partition coefficient (Wildman–Crippen LogP) is 1.13. The first-order valence-corrected chi connectivity index (χ1v) is 11.0. The first kappa shape index (κ1) is 20.3. The van der Waals surface area contributed by atoms with E-state index in [1.165, 1.54) is 43.8 Å². The predicted molar refractivity (Wildman–Crippen MR) is 112 cm³/mol. The molecule has 4 heterocycles. The fourth-order valence-corrected chi connectivity index (χ4v) is 5.73. The van der Waals surface area contributed by atoms with Gasteiger partial charge in [0.15, 0.2) is 11.2 Å². The molecule has 0 aliphatic carbocycles. The summed E-state index contributed by atoms with van der Waals surface area (Å²) >= 11 is 0. The third kappa shape index (κ3) is 3.46. The Hall–Kier alpha value is -1.93. The van der Waals surface area contributed by atoms with Gasteiger partial charge < -0.3 is 14.2 Å². The smallest absolute Gasteiger partial charge is 0.332 e. The van der Waals surface area contributed by atoms with Crippen molar-refractivity contribution in [3.8, 4) is 0 Å². The van der Waals surface area contributed by atoms with E-state index >= 15 is 0 Å². The lowest BCUT2D eigenvalue weighted by Gasteiger charge is -2.46. The van der Waals surface area contributed by atoms with Crippen molar-refractivity contribution in [1.29, 1.82) is 0 Å². The van der Waals surface area contributed by atoms with Gasteiger partial charge in [-0.3, -0.25) is 13.9 Å². The number of aromatic nitrogens is 4. The normalized spacial score (nSPS) is 29.0. The van der Waals surface area contributed by atoms with Gasteiger partial charge in [-0.05, 0) is 19.3 Å². The first-order valence-electron chi connectivity index (χ1n) is 11.0. The zero-order valence-corrected chi connectivity index (χ0v) is 17.9. The number of aliphatic hydroxyl groups is 1. The molecule has 29 heavy (non-hydrogen) atoms. The quantitative estimate of drug-likeness (QED) is 0.554. The van der Waals surface area contributed by atoms with Crippen LogP contribution in [0.1, 0.15) is 51.4 Å². The second-order valence-electron chi connectivity index (χ2n) is 9.31. The molecule has 4 rings (SSSR count). The Labute approximate surface area is 171 Å². The highest BCUT2D eigenvalue weighted by Gasteiger charge is 2.50. The first-order chi connectivity index (χ1) is 13.8. The van der Waals surface area contributed by atoms with Crippen molar-refractivity contribution < 1.29 is 9.59 Å². The third-order valence-corrected chi connectivity index (χ3v) is 7.60. The number of nitrogens with zero attached hydrogens (tertiary/aromatic N) is 5. The van der Waals surface area contributed by atoms with E-state index < -0.39 is 0 Å². The van der Waals surface area contributed by atoms with Gasteiger partial charge in [0.2, 0.25) is 0 Å². The molecule has 8 nitrogen and oxygen atoms in total. The van der Waals surface area contributed by atoms with Gasteiger partial charge in [0, 0.05) is 46.3 Å². The number of aliphatic hydroxyl groups excluding tert-OH is 1. The maximum atomic E-state index is 12.5. The van der Waals surface area contributed by atoms with Crippen LogP contribution in [0.15, 0.2) is 15.9 Å². The number of aryl methyl sites for hydroxylation is 2. The molecular formula is C21H34N5O3+. The number of hydrogen-bond acceptors (Lipinski definition) is 4. The van der Waals surface area contributed by atoms with Gasteiger partial charge in [0.1, 0.15) is 0 Å². The average molecular weight is 405 g/mol. The Kier molecular flexibility index (Phi) is 5.42. The number of quaternary nitrogens is 1. The molecule has 1 N–H and O–H groups in total. The minimum Gasteiger partial charge on any atom is -0.393 e. The second kappa shape index (κ2) is 7.72. The molecular weight excluding hydrogens is 370 g/mol. The molecule has 2 aromatic heterocycles. The van der Waals surface area contributed by atoms with Crippen molar-refractivity contribution >= 4 is 11.2 Å². The van der Waals surface area contributed by atoms with E-state index in [1.54, 1.807) is 13.4 Å². The van der Waals surface area contributed by atoms with Crippen LogP contribution in [-0.4, -0.2) is 60.1 Å². The molecule has 0 saturated carbocycles. The fourth-order valence-electron chi connectivity index (χ4n) is 5.73. The van der Waals surface area contributed by atoms with Crippen LogP contribution in [0.4, 0.5) is 0 Å². The molecule has 2 saturated heterocycles. The van der Waals surface area contributed by atoms with Crippen molar-refractivity contribution in [3.63, 3.8) is 0 Å². The molecule has 0 radical (unpaired) electrons. The summed E-state index contributed by atoms with van der Waals surface area (Å²) < 4.78 is 5.63. The van der Waals surface area contributed by atoms with Crippen LogP contribution in [0.25, 0.3) is 11.2 Å². The van der Waals surface area contributed by atoms with Crippen molar-refractivity contribution in [2.75, 3.05) is 13.6 Å². The van der Waals surface area contributed by atoms with Gasteiger partial charge in [-0.1, -0.05) is 6.42 Å². The number of hydrogen-bond donors (Lipinski definition) is 1. The summed E-state index contributed by atoms with van der Waals surface area (Å²) in [6.45, 7) is 1.95. The van der Waals surface area contributed by atoms with Gasteiger partial charge in [-0.2, -0.15) is 0 Å². The average Bonchev–Trinajstić information content (AvgIpc) is 3.16. The van der Waals surface area contributed by atoms with E-state index in [2.05, 4.69) is 12.0 Å². The summed E-state index contributed by atoms with van der Waals surface area (Å²) in [5.41, 5.74) is 0.346. The van der Waals surface area contributed by atoms with E-state index in [1.807, 2.05) is 4.57 Å². The summed E-state index contributed by atoms with van der Waals surface area (Å²) in [7, 11) is 5.56. The Bertz CT molecular complexity index is 990. The highest BCUT2D eigenvalue weighted by Crippen LogP contribution is 2.41. The number of fused-ring (bicyclic) bond motifs is 3. The minimum absolute atomic E-state index is 0.0871. The molecule has 2 unspecified atom stereocenters. The minimum atomic E-state index is -0.344. The highest BCUT2D eigenvalue weighted by molar-refractivity contribution is 5.69. The summed E-state index contributed by atoms with van der Waals surface area (Å²) in [5.74, 6) is 0. The van der Waals surface area contributed by atoms with Gasteiger partial charge in [-0.25, -0.2) is 9.78 Å². The highest BCUT2D eigenvalue weighted by atomic mass is 16.3. The van der Waals surface area contributed by atoms with E-state index in [4.69, 9.17) is 0 Å². The van der Waals surface area contributed by atoms with Crippen molar-refractivity contribution in [2.24, 2.45) is 14.1 Å². The Morgan fingerprint density at radius 1 is 1.07 bits per heavy atom. The lowest BCUT2D eigenvalue weighted by atomic mass is 9.96. The van der Waals surface area contributed by atoms with E-state index in [0.29, 0.717) is 23.2 Å². The summed E-state index contributed by atoms with van der Waals surface area (Å²) in [5, 5.41) is 10.0. The van der Waals surface area contributed by atoms with Crippen LogP contribution in [0.5, 0.6) is 0 Å². The molecule has 8 heteroatoms. The van der Waals surface area contributed by atoms with Crippen LogP contribution in [0.2, 0.25) is 0 Å². The van der Waals surface area contributed by atoms with Gasteiger partial charge in [0.25, 0.3) is 5.56 Å². The SMILES string of the molecule is Cn1c(=O)c2c(ncn2CCCCCC[N+]2(C)C3CCC2CC(O)C3)n(C)c1=O. The van der Waals surface area contributed by atoms with Gasteiger partial charge in [-0.15, -0.1) is 0 Å². The molecule has 2 aliphatic heterocycles. The van der Waals surface area contributed by atoms with Crippen molar-refractivity contribution in [3.05, 3.63) is 27.2 Å². The Balaban J connectivity index is 1.30. The molecule has 2 aliphatic rings. The lowest BCUT2D eigenvalue weighted by Crippen LogP contribution is -2.58. The topological polar surface area (TPSA) is 82.0 Å². The van der Waals surface area contributed by atoms with Crippen molar-refractivity contribution in [2.45, 2.75) is 76.1 Å². The van der Waals surface area contributed by atoms with E-state index in [0.717, 1.165) is 41.3 Å². The maximum absolute atomic E-state index is 12.5. The van der Waals surface area contributed by atoms with Crippen LogP contribution in [0, 0.1) is 0 Å². The molecule has 0 spiro atoms. The summed E-state index contributed by atoms with van der Waals surface area (Å²) in [6.07, 6.45) is 10.6. The lowest BCUT2D eigenvalue weighted by molar-refractivity contribution is -0.949. The Morgan fingerprint density at radius 3 is 2.41 bits per heavy atom. The molecule has 0 amide bonds. The number of imidazole rings is 1. The van der Waals surface area contributed by atoms with E-state index in [-0.39, 0.29) is 17.4 Å². The maximum Gasteiger partial charge on any atom is 0.332 e. The van der Waals surface area contributed by atoms with Gasteiger partial charge in [0.05, 0.1) is 38.1 Å². The molecule has 2 aromatic rings. The summed E-state index contributed by atoms with van der Waals surface area (Å²) in [4.78, 5) is 28.8. The molecule has 2 fully saturated rings. The number of piperidine rings is 1. The molecule has 0 aromatic carbocycles. The molecule has 2 bridgehead atoms. The summed E-state index contributed by atoms with van der Waals surface area (Å²) in [6, 6.07) is 1.29. The Morgan fingerprint density at radius 2 is 1.72 bits per heavy atom. The monoisotopic (exact) mass is 404 g/mol. The van der Waals surface area contributed by atoms with Crippen LogP contribution >= 0.6 is 0 Å². The zero-order chi connectivity index (χ0) is 20.8. The van der Waals surface area contributed by atoms with Crippen LogP contribution in [-0.2, 0) is 20.6 Å². The van der Waals surface area contributed by atoms with Crippen LogP contribution < -0.4 is 11.2 Å². The van der Waals surface area contributed by atoms with Gasteiger partial charge >= 0.3 is 5.69 Å². The standard InChI is InChI=1S/C21H34N5O3/c1-23-19-18(20(28)24(2)21(23)29)25(14-22-19)10-6-4-5-7-11-26(3)15-8-9-16(26)13-17(27)12-15/h14-17,27H,4-13H2,1-3H3/q+1. The second-order valence-corrected chi connectivity index (χ2v) is 9.31. The number of unbranched alkanes of at least 4 members (excludes halogenated alkanes) is 3. The van der Waals surface area contributed by atoms with E-state index in [9.17, 15) is 14.7 Å². The van der Waals surface area contributed by atoms with Crippen LogP contribution in [0.3, 0.4) is 0 Å². The zero-order valence-electron chi connectivity index (χ0n) is 17.9. The molecule has 160 valence electrons. The fraction of sp³-hybridized carbons (Fsp3) is 0.762.